The molecule has 0 bridgehead atoms. The van der Waals surface area contributed by atoms with Gasteiger partial charge in [-0.15, -0.1) is 0 Å². The molecule has 0 amide bonds. The minimum absolute atomic E-state index is 0.0362. The van der Waals surface area contributed by atoms with Crippen molar-refractivity contribution in [2.45, 2.75) is 165 Å². The number of allylic oxidation sites excluding steroid dienone is 12. The van der Waals surface area contributed by atoms with E-state index in [9.17, 15) is 45.3 Å². The number of carbonyl (C=O) groups excluding carboxylic acids is 2. The second-order valence-electron chi connectivity index (χ2n) is 14.4. The lowest BCUT2D eigenvalue weighted by Gasteiger charge is -2.42. The van der Waals surface area contributed by atoms with Gasteiger partial charge in [-0.2, -0.15) is 0 Å². The van der Waals surface area contributed by atoms with Gasteiger partial charge in [-0.05, 0) is 51.4 Å². The second kappa shape index (κ2) is 31.8. The summed E-state index contributed by atoms with van der Waals surface area (Å²) < 4.78 is 33.1. The van der Waals surface area contributed by atoms with E-state index in [1.165, 1.54) is 0 Å². The molecule has 0 aromatic carbocycles. The molecular weight excluding hydrogens is 768 g/mol. The Balaban J connectivity index is 1.85. The minimum Gasteiger partial charge on any atom is -0.462 e. The highest BCUT2D eigenvalue weighted by molar-refractivity contribution is 5.70. The molecule has 2 heterocycles. The Labute approximate surface area is 349 Å². The number of hydrogen-bond donors (Lipinski definition) is 7. The fraction of sp³-hybridized carbons (Fsp3) is 0.682. The Morgan fingerprint density at radius 3 is 1.61 bits per heavy atom. The fourth-order valence-electron chi connectivity index (χ4n) is 5.94. The van der Waals surface area contributed by atoms with Crippen molar-refractivity contribution in [3.63, 3.8) is 0 Å². The van der Waals surface area contributed by atoms with Gasteiger partial charge in [0, 0.05) is 12.8 Å². The smallest absolute Gasteiger partial charge is 0.306 e. The first kappa shape index (κ1) is 52.1. The molecule has 11 unspecified atom stereocenters. The van der Waals surface area contributed by atoms with E-state index in [4.69, 9.17) is 28.4 Å². The van der Waals surface area contributed by atoms with E-state index in [2.05, 4.69) is 68.5 Å². The normalized spacial score (nSPS) is 28.6. The molecule has 0 aromatic rings. The van der Waals surface area contributed by atoms with Crippen molar-refractivity contribution in [1.29, 1.82) is 0 Å². The van der Waals surface area contributed by atoms with Crippen LogP contribution in [0, 0.1) is 0 Å². The average Bonchev–Trinajstić information content (AvgIpc) is 3.23. The van der Waals surface area contributed by atoms with Gasteiger partial charge in [-0.1, -0.05) is 106 Å². The van der Waals surface area contributed by atoms with Gasteiger partial charge in [0.25, 0.3) is 0 Å². The molecule has 11 atom stereocenters. The summed E-state index contributed by atoms with van der Waals surface area (Å²) in [5.41, 5.74) is 0. The highest BCUT2D eigenvalue weighted by atomic mass is 16.7. The van der Waals surface area contributed by atoms with E-state index in [-0.39, 0.29) is 19.4 Å². The van der Waals surface area contributed by atoms with Gasteiger partial charge in [-0.25, -0.2) is 0 Å². The maximum Gasteiger partial charge on any atom is 0.306 e. The van der Waals surface area contributed by atoms with Gasteiger partial charge < -0.3 is 64.2 Å². The van der Waals surface area contributed by atoms with E-state index in [1.54, 1.807) is 0 Å². The van der Waals surface area contributed by atoms with Crippen molar-refractivity contribution in [3.05, 3.63) is 72.9 Å². The zero-order valence-corrected chi connectivity index (χ0v) is 34.7. The molecule has 15 heteroatoms. The number of hydrogen-bond acceptors (Lipinski definition) is 15. The zero-order chi connectivity index (χ0) is 43.3. The van der Waals surface area contributed by atoms with Crippen LogP contribution in [0.3, 0.4) is 0 Å². The number of aliphatic hydroxyl groups excluding tert-OH is 7. The first-order valence-corrected chi connectivity index (χ1v) is 21.0. The summed E-state index contributed by atoms with van der Waals surface area (Å²) in [7, 11) is 0. The summed E-state index contributed by atoms with van der Waals surface area (Å²) in [6.45, 7) is 2.20. The maximum atomic E-state index is 12.8. The molecule has 0 radical (unpaired) electrons. The van der Waals surface area contributed by atoms with Crippen LogP contribution in [0.4, 0.5) is 0 Å². The molecule has 7 N–H and O–H groups in total. The minimum atomic E-state index is -1.78. The maximum absolute atomic E-state index is 12.8. The number of carbonyl (C=O) groups is 2. The molecule has 0 aromatic heterocycles. The SMILES string of the molecule is CC/C=C\C/C=C\C/C=C\C/C=C\C/C=C\C/C=C\CCC(=O)OC(COC(=O)CCCCCC)COC1OC(COC2OC(CO)C(O)C(O)C2O)C(O)C(O)C1O. The Morgan fingerprint density at radius 1 is 0.559 bits per heavy atom. The molecule has 2 fully saturated rings. The van der Waals surface area contributed by atoms with Crippen molar-refractivity contribution in [3.8, 4) is 0 Å². The zero-order valence-electron chi connectivity index (χ0n) is 34.7. The highest BCUT2D eigenvalue weighted by Crippen LogP contribution is 2.26. The van der Waals surface area contributed by atoms with E-state index < -0.39 is 99.3 Å². The van der Waals surface area contributed by atoms with Gasteiger partial charge in [0.05, 0.1) is 19.8 Å². The fourth-order valence-corrected chi connectivity index (χ4v) is 5.94. The van der Waals surface area contributed by atoms with Crippen molar-refractivity contribution >= 4 is 11.9 Å². The van der Waals surface area contributed by atoms with Gasteiger partial charge in [0.1, 0.15) is 55.4 Å². The molecule has 0 aliphatic carbocycles. The second-order valence-corrected chi connectivity index (χ2v) is 14.4. The van der Waals surface area contributed by atoms with E-state index >= 15 is 0 Å². The standard InChI is InChI=1S/C44H70O15/c1-3-5-7-9-10-11-12-13-14-15-16-17-18-19-20-21-22-23-25-27-36(47)57-32(29-54-35(46)26-24-8-6-4-2)30-55-43-42(53)40(51)38(49)34(59-43)31-56-44-41(52)39(50)37(48)33(28-45)58-44/h5,7,10-11,13-14,16-17,19-20,22-23,32-34,37-45,48-53H,3-4,6,8-9,12,15,18,21,24-31H2,1-2H3/b7-5-,11-10-,14-13-,17-16-,20-19-,23-22-. The molecular formula is C44H70O15. The summed E-state index contributed by atoms with van der Waals surface area (Å²) in [5.74, 6) is -1.05. The third kappa shape index (κ3) is 21.3. The van der Waals surface area contributed by atoms with Crippen LogP contribution in [-0.4, -0.2) is 142 Å². The first-order valence-electron chi connectivity index (χ1n) is 21.0. The summed E-state index contributed by atoms with van der Waals surface area (Å²) in [4.78, 5) is 25.2. The van der Waals surface area contributed by atoms with Crippen LogP contribution < -0.4 is 0 Å². The number of aliphatic hydroxyl groups is 7. The predicted octanol–water partition coefficient (Wildman–Crippen LogP) is 3.53. The van der Waals surface area contributed by atoms with Crippen molar-refractivity contribution < 1.29 is 73.8 Å². The molecule has 2 aliphatic rings. The Hall–Kier alpha value is -3.06. The third-order valence-corrected chi connectivity index (χ3v) is 9.46. The number of unbranched alkanes of at least 4 members (excludes halogenated alkanes) is 3. The highest BCUT2D eigenvalue weighted by Gasteiger charge is 2.47. The summed E-state index contributed by atoms with van der Waals surface area (Å²) in [5, 5.41) is 71.5. The van der Waals surface area contributed by atoms with E-state index in [0.29, 0.717) is 19.3 Å². The van der Waals surface area contributed by atoms with Crippen LogP contribution in [0.25, 0.3) is 0 Å². The number of ether oxygens (including phenoxy) is 6. The Kier molecular flexibility index (Phi) is 28.0. The van der Waals surface area contributed by atoms with Crippen molar-refractivity contribution in [2.24, 2.45) is 0 Å². The molecule has 59 heavy (non-hydrogen) atoms. The van der Waals surface area contributed by atoms with Gasteiger partial charge in [0.15, 0.2) is 18.7 Å². The van der Waals surface area contributed by atoms with Gasteiger partial charge >= 0.3 is 11.9 Å². The summed E-state index contributed by atoms with van der Waals surface area (Å²) in [6.07, 6.45) is 17.6. The predicted molar refractivity (Wildman–Crippen MR) is 219 cm³/mol. The molecule has 2 saturated heterocycles. The quantitative estimate of drug-likeness (QED) is 0.0325. The lowest BCUT2D eigenvalue weighted by Crippen LogP contribution is -2.61. The van der Waals surface area contributed by atoms with E-state index in [1.807, 2.05) is 18.2 Å². The first-order chi connectivity index (χ1) is 28.5. The number of esters is 2. The lowest BCUT2D eigenvalue weighted by atomic mass is 9.98. The van der Waals surface area contributed by atoms with Crippen LogP contribution in [0.1, 0.15) is 97.3 Å². The Bertz CT molecular complexity index is 1310. The van der Waals surface area contributed by atoms with Crippen molar-refractivity contribution in [1.82, 2.24) is 0 Å². The largest absolute Gasteiger partial charge is 0.462 e. The average molecular weight is 839 g/mol. The third-order valence-electron chi connectivity index (χ3n) is 9.46. The van der Waals surface area contributed by atoms with Crippen LogP contribution in [0.2, 0.25) is 0 Å². The van der Waals surface area contributed by atoms with Gasteiger partial charge in [0.2, 0.25) is 0 Å². The monoisotopic (exact) mass is 838 g/mol. The summed E-state index contributed by atoms with van der Waals surface area (Å²) >= 11 is 0. The lowest BCUT2D eigenvalue weighted by molar-refractivity contribution is -0.332. The summed E-state index contributed by atoms with van der Waals surface area (Å²) in [6, 6.07) is 0. The van der Waals surface area contributed by atoms with Crippen LogP contribution in [-0.2, 0) is 38.0 Å². The molecule has 2 rings (SSSR count). The van der Waals surface area contributed by atoms with Crippen molar-refractivity contribution in [2.75, 3.05) is 26.4 Å². The van der Waals surface area contributed by atoms with E-state index in [0.717, 1.165) is 51.4 Å². The topological polar surface area (TPSA) is 231 Å². The molecule has 336 valence electrons. The van der Waals surface area contributed by atoms with Crippen LogP contribution in [0.5, 0.6) is 0 Å². The number of rotatable bonds is 29. The molecule has 15 nitrogen and oxygen atoms in total. The van der Waals surface area contributed by atoms with Crippen LogP contribution >= 0.6 is 0 Å². The Morgan fingerprint density at radius 2 is 1.07 bits per heavy atom. The van der Waals surface area contributed by atoms with Crippen LogP contribution in [0.15, 0.2) is 72.9 Å². The molecule has 2 aliphatic heterocycles. The molecule has 0 spiro atoms. The van der Waals surface area contributed by atoms with Gasteiger partial charge in [-0.3, -0.25) is 9.59 Å². The molecule has 0 saturated carbocycles.